The highest BCUT2D eigenvalue weighted by molar-refractivity contribution is 7.52. The minimum Gasteiger partial charge on any atom is -0.460 e. The van der Waals surface area contributed by atoms with Crippen molar-refractivity contribution in [2.75, 3.05) is 13.2 Å². The molecule has 3 rings (SSSR count). The lowest BCUT2D eigenvalue weighted by Crippen LogP contribution is -2.43. The van der Waals surface area contributed by atoms with Crippen LogP contribution in [0.1, 0.15) is 20.1 Å². The first-order chi connectivity index (χ1) is 17.0. The molecular formula is C22H27FN3O9P. The number of H-pyrrole nitrogens is 1. The highest BCUT2D eigenvalue weighted by Gasteiger charge is 2.55. The zero-order valence-electron chi connectivity index (χ0n) is 19.5. The fraction of sp³-hybridized carbons (Fsp3) is 0.409. The van der Waals surface area contributed by atoms with Crippen LogP contribution in [0.15, 0.2) is 64.8 Å². The van der Waals surface area contributed by atoms with Crippen LogP contribution in [0.2, 0.25) is 0 Å². The van der Waals surface area contributed by atoms with Gasteiger partial charge in [-0.3, -0.25) is 23.7 Å². The van der Waals surface area contributed by atoms with Gasteiger partial charge >= 0.3 is 19.4 Å². The number of carbonyl (C=O) groups excluding carboxylic acids is 1. The van der Waals surface area contributed by atoms with Crippen molar-refractivity contribution in [2.45, 2.75) is 44.0 Å². The van der Waals surface area contributed by atoms with Gasteiger partial charge in [0, 0.05) is 12.3 Å². The lowest BCUT2D eigenvalue weighted by molar-refractivity contribution is -0.144. The van der Waals surface area contributed by atoms with Gasteiger partial charge in [0.1, 0.15) is 30.6 Å². The molecule has 36 heavy (non-hydrogen) atoms. The zero-order valence-corrected chi connectivity index (χ0v) is 20.4. The Kier molecular flexibility index (Phi) is 8.64. The summed E-state index contributed by atoms with van der Waals surface area (Å²) in [6.07, 6.45) is -2.46. The van der Waals surface area contributed by atoms with E-state index in [4.69, 9.17) is 18.5 Å². The number of carbonyl (C=O) groups is 1. The van der Waals surface area contributed by atoms with E-state index >= 15 is 4.39 Å². The summed E-state index contributed by atoms with van der Waals surface area (Å²) in [7, 11) is -4.32. The third-order valence-electron chi connectivity index (χ3n) is 5.25. The second-order valence-corrected chi connectivity index (χ2v) is 9.80. The van der Waals surface area contributed by atoms with E-state index in [-0.39, 0.29) is 12.4 Å². The molecule has 2 heterocycles. The Morgan fingerprint density at radius 1 is 1.39 bits per heavy atom. The van der Waals surface area contributed by atoms with E-state index in [1.807, 2.05) is 4.98 Å². The maximum Gasteiger partial charge on any atom is 0.459 e. The number of nitrogens with one attached hydrogen (secondary N) is 2. The Labute approximate surface area is 205 Å². The molecule has 0 radical (unpaired) electrons. The number of para-hydroxylation sites is 1. The van der Waals surface area contributed by atoms with Crippen LogP contribution in [0.4, 0.5) is 4.39 Å². The number of aliphatic hydroxyl groups excluding tert-OH is 1. The molecule has 0 spiro atoms. The second-order valence-electron chi connectivity index (χ2n) is 8.11. The third kappa shape index (κ3) is 6.37. The van der Waals surface area contributed by atoms with Gasteiger partial charge in [0.05, 0.1) is 6.61 Å². The summed E-state index contributed by atoms with van der Waals surface area (Å²) in [4.78, 5) is 37.6. The average molecular weight is 527 g/mol. The molecule has 1 aliphatic rings. The van der Waals surface area contributed by atoms with Gasteiger partial charge in [-0.15, -0.1) is 0 Å². The average Bonchev–Trinajstić information content (AvgIpc) is 3.05. The van der Waals surface area contributed by atoms with E-state index in [0.29, 0.717) is 0 Å². The summed E-state index contributed by atoms with van der Waals surface area (Å²) >= 11 is 0. The van der Waals surface area contributed by atoms with Crippen LogP contribution in [-0.2, 0) is 23.4 Å². The smallest absolute Gasteiger partial charge is 0.459 e. The molecule has 196 valence electrons. The Balaban J connectivity index is 1.79. The van der Waals surface area contributed by atoms with E-state index in [0.717, 1.165) is 23.8 Å². The van der Waals surface area contributed by atoms with E-state index in [1.54, 1.807) is 18.2 Å². The first-order valence-corrected chi connectivity index (χ1v) is 12.4. The number of hydrogen-bond donors (Lipinski definition) is 3. The number of benzene rings is 1. The molecule has 1 saturated heterocycles. The number of aromatic nitrogens is 2. The normalized spacial score (nSPS) is 26.1. The zero-order chi connectivity index (χ0) is 26.5. The molecule has 0 saturated carbocycles. The van der Waals surface area contributed by atoms with Crippen molar-refractivity contribution in [2.24, 2.45) is 0 Å². The minimum absolute atomic E-state index is 0.0712. The lowest BCUT2D eigenvalue weighted by Gasteiger charge is -2.25. The molecule has 0 bridgehead atoms. The number of nitrogens with zero attached hydrogens (tertiary/aromatic N) is 1. The first kappa shape index (κ1) is 27.5. The van der Waals surface area contributed by atoms with Crippen LogP contribution in [0.3, 0.4) is 0 Å². The van der Waals surface area contributed by atoms with Crippen LogP contribution < -0.4 is 20.9 Å². The Morgan fingerprint density at radius 2 is 2.08 bits per heavy atom. The molecule has 1 aliphatic heterocycles. The quantitative estimate of drug-likeness (QED) is 0.222. The van der Waals surface area contributed by atoms with E-state index in [1.165, 1.54) is 25.1 Å². The van der Waals surface area contributed by atoms with Gasteiger partial charge in [0.25, 0.3) is 5.56 Å². The van der Waals surface area contributed by atoms with Gasteiger partial charge in [-0.05, 0) is 26.0 Å². The van der Waals surface area contributed by atoms with Crippen molar-refractivity contribution in [3.05, 3.63) is 76.1 Å². The minimum atomic E-state index is -4.32. The Morgan fingerprint density at radius 3 is 2.72 bits per heavy atom. The fourth-order valence-corrected chi connectivity index (χ4v) is 4.90. The number of ether oxygens (including phenoxy) is 2. The van der Waals surface area contributed by atoms with Crippen molar-refractivity contribution >= 4 is 13.7 Å². The first-order valence-electron chi connectivity index (χ1n) is 10.9. The van der Waals surface area contributed by atoms with Crippen molar-refractivity contribution in [3.63, 3.8) is 0 Å². The van der Waals surface area contributed by atoms with E-state index in [9.17, 15) is 24.1 Å². The van der Waals surface area contributed by atoms with Gasteiger partial charge in [-0.2, -0.15) is 5.09 Å². The van der Waals surface area contributed by atoms with E-state index < -0.39 is 61.7 Å². The predicted octanol–water partition coefficient (Wildman–Crippen LogP) is 1.43. The van der Waals surface area contributed by atoms with Gasteiger partial charge in [-0.1, -0.05) is 30.9 Å². The van der Waals surface area contributed by atoms with Crippen LogP contribution in [0.25, 0.3) is 0 Å². The lowest BCUT2D eigenvalue weighted by atomic mass is 9.98. The highest BCUT2D eigenvalue weighted by Crippen LogP contribution is 2.47. The Hall–Kier alpha value is -3.09. The topological polar surface area (TPSA) is 158 Å². The van der Waals surface area contributed by atoms with Crippen LogP contribution >= 0.6 is 7.75 Å². The number of halogens is 1. The number of hydrogen-bond acceptors (Lipinski definition) is 9. The largest absolute Gasteiger partial charge is 0.460 e. The van der Waals surface area contributed by atoms with Gasteiger partial charge in [0.2, 0.25) is 0 Å². The summed E-state index contributed by atoms with van der Waals surface area (Å²) < 4.78 is 51.1. The molecule has 0 aliphatic carbocycles. The maximum atomic E-state index is 15.4. The number of alkyl halides is 1. The Bertz CT molecular complexity index is 1230. The predicted molar refractivity (Wildman–Crippen MR) is 125 cm³/mol. The molecule has 0 unspecified atom stereocenters. The molecule has 1 aromatic carbocycles. The molecule has 0 amide bonds. The summed E-state index contributed by atoms with van der Waals surface area (Å²) in [5.74, 6) is -0.623. The molecule has 1 fully saturated rings. The molecule has 3 N–H and O–H groups in total. The van der Waals surface area contributed by atoms with Crippen LogP contribution in [0.5, 0.6) is 5.75 Å². The highest BCUT2D eigenvalue weighted by atomic mass is 31.2. The molecule has 12 nitrogen and oxygen atoms in total. The summed E-state index contributed by atoms with van der Waals surface area (Å²) in [5.41, 5.74) is -4.13. The second kappa shape index (κ2) is 11.3. The summed E-state index contributed by atoms with van der Waals surface area (Å²) in [6.45, 7) is 5.10. The number of rotatable bonds is 11. The molecular weight excluding hydrogens is 500 g/mol. The van der Waals surface area contributed by atoms with Crippen molar-refractivity contribution in [3.8, 4) is 5.75 Å². The number of aromatic amines is 1. The third-order valence-corrected chi connectivity index (χ3v) is 6.89. The number of esters is 1. The van der Waals surface area contributed by atoms with E-state index in [2.05, 4.69) is 11.7 Å². The maximum absolute atomic E-state index is 15.4. The molecule has 1 aromatic heterocycles. The number of aliphatic hydroxyl groups is 1. The van der Waals surface area contributed by atoms with Gasteiger partial charge < -0.3 is 19.1 Å². The molecule has 6 atom stereocenters. The van der Waals surface area contributed by atoms with Gasteiger partial charge in [-0.25, -0.2) is 13.8 Å². The van der Waals surface area contributed by atoms with Gasteiger partial charge in [0.15, 0.2) is 11.9 Å². The van der Waals surface area contributed by atoms with Crippen molar-refractivity contribution in [1.29, 1.82) is 0 Å². The van der Waals surface area contributed by atoms with Crippen molar-refractivity contribution < 1.29 is 37.4 Å². The summed E-state index contributed by atoms with van der Waals surface area (Å²) in [6, 6.07) is 7.78. The standard InChI is InChI=1S/C22H27FN3O9P/c1-4-12-32-19(29)14(2)25-36(31,35-15-8-6-5-7-9-15)33-13-16-18(28)22(3,23)20(34-16)26-11-10-17(27)24-21(26)30/h4-11,14,16,18,20,28H,1,12-13H2,2-3H3,(H,25,31)(H,24,27,30)/t14-,16+,18+,20+,22+,36-/m0/s1. The van der Waals surface area contributed by atoms with Crippen LogP contribution in [-0.4, -0.2) is 57.8 Å². The molecule has 14 heteroatoms. The van der Waals surface area contributed by atoms with Crippen molar-refractivity contribution in [1.82, 2.24) is 14.6 Å². The monoisotopic (exact) mass is 527 g/mol. The SMILES string of the molecule is C=CCOC(=O)[C@H](C)N[P@](=O)(OC[C@H]1O[C@@H](n2ccc(=O)[nH]c2=O)[C@](C)(F)[C@@H]1O)Oc1ccccc1. The molecule has 2 aromatic rings. The fourth-order valence-electron chi connectivity index (χ4n) is 3.40. The van der Waals surface area contributed by atoms with Crippen LogP contribution in [0, 0.1) is 0 Å². The summed E-state index contributed by atoms with van der Waals surface area (Å²) in [5, 5.41) is 13.0.